The van der Waals surface area contributed by atoms with E-state index < -0.39 is 5.97 Å². The van der Waals surface area contributed by atoms with E-state index in [2.05, 4.69) is 5.32 Å². The van der Waals surface area contributed by atoms with Crippen LogP contribution in [0.15, 0.2) is 18.2 Å². The van der Waals surface area contributed by atoms with Crippen LogP contribution < -0.4 is 5.32 Å². The van der Waals surface area contributed by atoms with E-state index in [4.69, 9.17) is 5.11 Å². The van der Waals surface area contributed by atoms with E-state index in [1.165, 1.54) is 17.5 Å². The third-order valence-corrected chi connectivity index (χ3v) is 2.95. The van der Waals surface area contributed by atoms with Crippen LogP contribution in [0.25, 0.3) is 0 Å². The molecule has 1 amide bonds. The second-order valence-corrected chi connectivity index (χ2v) is 4.28. The number of rotatable bonds is 4. The van der Waals surface area contributed by atoms with Crippen LogP contribution in [0.3, 0.4) is 0 Å². The van der Waals surface area contributed by atoms with Gasteiger partial charge in [0.05, 0.1) is 6.42 Å². The molecule has 1 aliphatic carbocycles. The van der Waals surface area contributed by atoms with Gasteiger partial charge in [-0.2, -0.15) is 0 Å². The zero-order valence-corrected chi connectivity index (χ0v) is 9.53. The Balaban J connectivity index is 1.95. The van der Waals surface area contributed by atoms with E-state index in [0.717, 1.165) is 18.5 Å². The lowest BCUT2D eigenvalue weighted by atomic mass is 10.1. The van der Waals surface area contributed by atoms with E-state index in [1.807, 2.05) is 18.2 Å². The Kier molecular flexibility index (Phi) is 3.42. The number of carboxylic acids is 1. The molecule has 0 atom stereocenters. The number of aliphatic carboxylic acids is 1. The minimum absolute atomic E-state index is 0.0203. The number of carboxylic acid groups (broad SMARTS) is 1. The number of fused-ring (bicyclic) bond motifs is 1. The summed E-state index contributed by atoms with van der Waals surface area (Å²) in [5.41, 5.74) is 3.41. The van der Waals surface area contributed by atoms with Gasteiger partial charge < -0.3 is 10.4 Å². The van der Waals surface area contributed by atoms with E-state index in [0.29, 0.717) is 0 Å². The van der Waals surface area contributed by atoms with Crippen LogP contribution in [0.2, 0.25) is 0 Å². The zero-order chi connectivity index (χ0) is 12.3. The van der Waals surface area contributed by atoms with Gasteiger partial charge in [-0.05, 0) is 42.5 Å². The fraction of sp³-hybridized carbons (Fsp3) is 0.385. The third kappa shape index (κ3) is 3.06. The SMILES string of the molecule is O=C(O)CCC(=O)Nc1ccc2c(c1)CCC2. The van der Waals surface area contributed by atoms with Crippen LogP contribution in [0, 0.1) is 0 Å². The second kappa shape index (κ2) is 4.99. The van der Waals surface area contributed by atoms with Crippen molar-refractivity contribution >= 4 is 17.6 Å². The number of amides is 1. The maximum Gasteiger partial charge on any atom is 0.303 e. The molecule has 2 rings (SSSR count). The average Bonchev–Trinajstić information content (AvgIpc) is 2.73. The standard InChI is InChI=1S/C13H15NO3/c15-12(6-7-13(16)17)14-11-5-4-9-2-1-3-10(9)8-11/h4-5,8H,1-3,6-7H2,(H,14,15)(H,16,17). The minimum Gasteiger partial charge on any atom is -0.481 e. The number of anilines is 1. The molecule has 0 heterocycles. The number of carbonyl (C=O) groups is 2. The van der Waals surface area contributed by atoms with Gasteiger partial charge in [-0.3, -0.25) is 9.59 Å². The van der Waals surface area contributed by atoms with Crippen molar-refractivity contribution in [3.8, 4) is 0 Å². The summed E-state index contributed by atoms with van der Waals surface area (Å²) < 4.78 is 0. The first-order valence-corrected chi connectivity index (χ1v) is 5.78. The van der Waals surface area contributed by atoms with Crippen LogP contribution in [0.1, 0.15) is 30.4 Å². The lowest BCUT2D eigenvalue weighted by molar-refractivity contribution is -0.138. The topological polar surface area (TPSA) is 66.4 Å². The second-order valence-electron chi connectivity index (χ2n) is 4.28. The predicted molar refractivity (Wildman–Crippen MR) is 64.0 cm³/mol. The van der Waals surface area contributed by atoms with Crippen LogP contribution in [-0.2, 0) is 22.4 Å². The first-order valence-electron chi connectivity index (χ1n) is 5.78. The molecule has 4 nitrogen and oxygen atoms in total. The molecule has 0 aromatic heterocycles. The van der Waals surface area contributed by atoms with Gasteiger partial charge in [-0.25, -0.2) is 0 Å². The van der Waals surface area contributed by atoms with Crippen molar-refractivity contribution in [1.82, 2.24) is 0 Å². The summed E-state index contributed by atoms with van der Waals surface area (Å²) >= 11 is 0. The highest BCUT2D eigenvalue weighted by Crippen LogP contribution is 2.24. The molecular formula is C13H15NO3. The fourth-order valence-electron chi connectivity index (χ4n) is 2.09. The van der Waals surface area contributed by atoms with Crippen molar-refractivity contribution in [2.75, 3.05) is 5.32 Å². The lowest BCUT2D eigenvalue weighted by Crippen LogP contribution is -2.13. The molecule has 17 heavy (non-hydrogen) atoms. The Bertz CT molecular complexity index is 454. The largest absolute Gasteiger partial charge is 0.481 e. The van der Waals surface area contributed by atoms with Crippen molar-refractivity contribution in [3.63, 3.8) is 0 Å². The van der Waals surface area contributed by atoms with Gasteiger partial charge in [0.25, 0.3) is 0 Å². The van der Waals surface area contributed by atoms with E-state index in [9.17, 15) is 9.59 Å². The maximum atomic E-state index is 11.4. The van der Waals surface area contributed by atoms with Gasteiger partial charge in [0.15, 0.2) is 0 Å². The molecule has 90 valence electrons. The van der Waals surface area contributed by atoms with E-state index >= 15 is 0 Å². The van der Waals surface area contributed by atoms with Gasteiger partial charge in [0, 0.05) is 12.1 Å². The Labute approximate surface area is 99.6 Å². The average molecular weight is 233 g/mol. The molecule has 1 aliphatic rings. The smallest absolute Gasteiger partial charge is 0.303 e. The molecule has 1 aromatic rings. The van der Waals surface area contributed by atoms with Gasteiger partial charge in [-0.1, -0.05) is 6.07 Å². The predicted octanol–water partition coefficient (Wildman–Crippen LogP) is 1.98. The zero-order valence-electron chi connectivity index (χ0n) is 9.53. The molecular weight excluding hydrogens is 218 g/mol. The highest BCUT2D eigenvalue weighted by atomic mass is 16.4. The molecule has 4 heteroatoms. The number of hydrogen-bond acceptors (Lipinski definition) is 2. The lowest BCUT2D eigenvalue weighted by Gasteiger charge is -2.06. The van der Waals surface area contributed by atoms with Crippen molar-refractivity contribution < 1.29 is 14.7 Å². The first-order chi connectivity index (χ1) is 8.15. The van der Waals surface area contributed by atoms with Gasteiger partial charge in [0.2, 0.25) is 5.91 Å². The van der Waals surface area contributed by atoms with Gasteiger partial charge in [-0.15, -0.1) is 0 Å². The normalized spacial score (nSPS) is 13.2. The molecule has 0 saturated heterocycles. The van der Waals surface area contributed by atoms with Crippen LogP contribution >= 0.6 is 0 Å². The molecule has 0 bridgehead atoms. The number of nitrogens with one attached hydrogen (secondary N) is 1. The van der Waals surface area contributed by atoms with Gasteiger partial charge in [0.1, 0.15) is 0 Å². The summed E-state index contributed by atoms with van der Waals surface area (Å²) in [6, 6.07) is 5.90. The first kappa shape index (κ1) is 11.6. The molecule has 0 radical (unpaired) electrons. The van der Waals surface area contributed by atoms with Crippen LogP contribution in [0.5, 0.6) is 0 Å². The Morgan fingerprint density at radius 2 is 1.94 bits per heavy atom. The molecule has 0 saturated carbocycles. The molecule has 0 spiro atoms. The summed E-state index contributed by atoms with van der Waals surface area (Å²) in [6.45, 7) is 0. The quantitative estimate of drug-likeness (QED) is 0.835. The molecule has 1 aromatic carbocycles. The summed E-state index contributed by atoms with van der Waals surface area (Å²) in [4.78, 5) is 21.8. The van der Waals surface area contributed by atoms with E-state index in [-0.39, 0.29) is 18.7 Å². The van der Waals surface area contributed by atoms with E-state index in [1.54, 1.807) is 0 Å². The monoisotopic (exact) mass is 233 g/mol. The van der Waals surface area contributed by atoms with Crippen molar-refractivity contribution in [3.05, 3.63) is 29.3 Å². The van der Waals surface area contributed by atoms with Crippen molar-refractivity contribution in [2.24, 2.45) is 0 Å². The summed E-state index contributed by atoms with van der Waals surface area (Å²) in [5, 5.41) is 11.2. The van der Waals surface area contributed by atoms with Crippen molar-refractivity contribution in [1.29, 1.82) is 0 Å². The Morgan fingerprint density at radius 3 is 2.71 bits per heavy atom. The molecule has 2 N–H and O–H groups in total. The number of carbonyl (C=O) groups excluding carboxylic acids is 1. The molecule has 0 fully saturated rings. The fourth-order valence-corrected chi connectivity index (χ4v) is 2.09. The minimum atomic E-state index is -0.950. The molecule has 0 aliphatic heterocycles. The molecule has 0 unspecified atom stereocenters. The van der Waals surface area contributed by atoms with Crippen molar-refractivity contribution in [2.45, 2.75) is 32.1 Å². The summed E-state index contributed by atoms with van der Waals surface area (Å²) in [6.07, 6.45) is 3.24. The Hall–Kier alpha value is -1.84. The number of hydrogen-bond donors (Lipinski definition) is 2. The van der Waals surface area contributed by atoms with Crippen LogP contribution in [-0.4, -0.2) is 17.0 Å². The number of aryl methyl sites for hydroxylation is 2. The summed E-state index contributed by atoms with van der Waals surface area (Å²) in [7, 11) is 0. The Morgan fingerprint density at radius 1 is 1.18 bits per heavy atom. The highest BCUT2D eigenvalue weighted by Gasteiger charge is 2.12. The van der Waals surface area contributed by atoms with Crippen LogP contribution in [0.4, 0.5) is 5.69 Å². The van der Waals surface area contributed by atoms with Gasteiger partial charge >= 0.3 is 5.97 Å². The third-order valence-electron chi connectivity index (χ3n) is 2.95. The summed E-state index contributed by atoms with van der Waals surface area (Å²) in [5.74, 6) is -1.19. The maximum absolute atomic E-state index is 11.4. The highest BCUT2D eigenvalue weighted by molar-refractivity contribution is 5.92. The number of benzene rings is 1.